The fourth-order valence-corrected chi connectivity index (χ4v) is 4.80. The highest BCUT2D eigenvalue weighted by Crippen LogP contribution is 2.41. The summed E-state index contributed by atoms with van der Waals surface area (Å²) in [4.78, 5) is 9.24. The Kier molecular flexibility index (Phi) is 5.26. The van der Waals surface area contributed by atoms with Gasteiger partial charge < -0.3 is 4.57 Å². The van der Waals surface area contributed by atoms with Crippen molar-refractivity contribution in [2.45, 2.75) is 17.2 Å². The first-order valence-electron chi connectivity index (χ1n) is 10.1. The molecule has 0 N–H and O–H groups in total. The van der Waals surface area contributed by atoms with Gasteiger partial charge in [0.15, 0.2) is 0 Å². The standard InChI is InChI=1S/C26H20FN3S/c1-18(19-9-4-2-5-10-19)31-26-24-23(20-11-6-3-7-12-20)16-30(25(24)28-17-29-26)22-14-8-13-21(27)15-22/h2-18H,1H3. The molecule has 5 heteroatoms. The van der Waals surface area contributed by atoms with E-state index in [-0.39, 0.29) is 11.1 Å². The van der Waals surface area contributed by atoms with Crippen LogP contribution in [0.15, 0.2) is 102 Å². The highest BCUT2D eigenvalue weighted by atomic mass is 32.2. The van der Waals surface area contributed by atoms with Crippen LogP contribution in [-0.2, 0) is 0 Å². The van der Waals surface area contributed by atoms with Crippen LogP contribution in [0.1, 0.15) is 17.7 Å². The third-order valence-corrected chi connectivity index (χ3v) is 6.44. The average molecular weight is 426 g/mol. The van der Waals surface area contributed by atoms with Gasteiger partial charge in [0, 0.05) is 22.7 Å². The summed E-state index contributed by atoms with van der Waals surface area (Å²) >= 11 is 1.71. The summed E-state index contributed by atoms with van der Waals surface area (Å²) < 4.78 is 15.9. The van der Waals surface area contributed by atoms with Crippen LogP contribution in [0.2, 0.25) is 0 Å². The second kappa shape index (κ2) is 8.36. The smallest absolute Gasteiger partial charge is 0.149 e. The van der Waals surface area contributed by atoms with Gasteiger partial charge in [-0.1, -0.05) is 78.5 Å². The summed E-state index contributed by atoms with van der Waals surface area (Å²) in [5.41, 5.74) is 4.85. The Labute approximate surface area is 184 Å². The van der Waals surface area contributed by atoms with Crippen molar-refractivity contribution in [2.75, 3.05) is 0 Å². The van der Waals surface area contributed by atoms with Gasteiger partial charge in [-0.15, -0.1) is 0 Å². The summed E-state index contributed by atoms with van der Waals surface area (Å²) in [6.07, 6.45) is 3.62. The molecule has 2 aromatic heterocycles. The van der Waals surface area contributed by atoms with Gasteiger partial charge in [0.2, 0.25) is 0 Å². The van der Waals surface area contributed by atoms with E-state index in [4.69, 9.17) is 0 Å². The minimum atomic E-state index is -0.276. The van der Waals surface area contributed by atoms with Crippen molar-refractivity contribution in [1.82, 2.24) is 14.5 Å². The normalized spacial score (nSPS) is 12.2. The lowest BCUT2D eigenvalue weighted by molar-refractivity contribution is 0.627. The zero-order chi connectivity index (χ0) is 21.2. The van der Waals surface area contributed by atoms with Crippen LogP contribution in [0, 0.1) is 5.82 Å². The topological polar surface area (TPSA) is 30.7 Å². The second-order valence-electron chi connectivity index (χ2n) is 7.31. The van der Waals surface area contributed by atoms with Crippen molar-refractivity contribution in [3.05, 3.63) is 109 Å². The van der Waals surface area contributed by atoms with Crippen molar-refractivity contribution in [2.24, 2.45) is 0 Å². The molecule has 1 atom stereocenters. The predicted octanol–water partition coefficient (Wildman–Crippen LogP) is 7.08. The van der Waals surface area contributed by atoms with E-state index in [1.165, 1.54) is 17.7 Å². The maximum absolute atomic E-state index is 14.0. The lowest BCUT2D eigenvalue weighted by Crippen LogP contribution is -1.96. The number of thioether (sulfide) groups is 1. The van der Waals surface area contributed by atoms with Crippen LogP contribution in [0.5, 0.6) is 0 Å². The Morgan fingerprint density at radius 2 is 1.61 bits per heavy atom. The summed E-state index contributed by atoms with van der Waals surface area (Å²) in [6, 6.07) is 27.2. The molecule has 0 spiro atoms. The first-order valence-corrected chi connectivity index (χ1v) is 11.0. The molecule has 2 heterocycles. The molecule has 0 fully saturated rings. The lowest BCUT2D eigenvalue weighted by Gasteiger charge is -2.12. The number of hydrogen-bond donors (Lipinski definition) is 0. The summed E-state index contributed by atoms with van der Waals surface area (Å²) in [7, 11) is 0. The fraction of sp³-hybridized carbons (Fsp3) is 0.0769. The molecule has 3 nitrogen and oxygen atoms in total. The highest BCUT2D eigenvalue weighted by molar-refractivity contribution is 7.99. The number of benzene rings is 3. The maximum Gasteiger partial charge on any atom is 0.149 e. The third kappa shape index (κ3) is 3.84. The molecular formula is C26H20FN3S. The molecule has 31 heavy (non-hydrogen) atoms. The highest BCUT2D eigenvalue weighted by Gasteiger charge is 2.19. The summed E-state index contributed by atoms with van der Waals surface area (Å²) in [6.45, 7) is 2.18. The largest absolute Gasteiger partial charge is 0.300 e. The number of halogens is 1. The van der Waals surface area contributed by atoms with Gasteiger partial charge in [-0.2, -0.15) is 0 Å². The number of aromatic nitrogens is 3. The predicted molar refractivity (Wildman–Crippen MR) is 125 cm³/mol. The summed E-state index contributed by atoms with van der Waals surface area (Å²) in [5.74, 6) is -0.276. The second-order valence-corrected chi connectivity index (χ2v) is 8.64. The molecule has 0 aliphatic rings. The molecule has 5 rings (SSSR count). The van der Waals surface area contributed by atoms with Crippen LogP contribution in [0.4, 0.5) is 4.39 Å². The average Bonchev–Trinajstić information content (AvgIpc) is 3.21. The minimum absolute atomic E-state index is 0.223. The molecular weight excluding hydrogens is 405 g/mol. The Morgan fingerprint density at radius 1 is 0.871 bits per heavy atom. The first kappa shape index (κ1) is 19.5. The molecule has 0 aliphatic carbocycles. The Bertz CT molecular complexity index is 1330. The Balaban J connectivity index is 1.70. The van der Waals surface area contributed by atoms with Crippen molar-refractivity contribution in [3.8, 4) is 16.8 Å². The molecule has 0 amide bonds. The van der Waals surface area contributed by atoms with Gasteiger partial charge in [0.05, 0.1) is 5.39 Å². The molecule has 5 aromatic rings. The van der Waals surface area contributed by atoms with Gasteiger partial charge in [-0.05, 0) is 36.2 Å². The van der Waals surface area contributed by atoms with Gasteiger partial charge in [0.1, 0.15) is 22.8 Å². The quantitative estimate of drug-likeness (QED) is 0.223. The monoisotopic (exact) mass is 425 g/mol. The van der Waals surface area contributed by atoms with E-state index in [2.05, 4.69) is 53.3 Å². The molecule has 3 aromatic carbocycles. The number of hydrogen-bond acceptors (Lipinski definition) is 3. The van der Waals surface area contributed by atoms with E-state index in [1.807, 2.05) is 41.1 Å². The molecule has 0 saturated carbocycles. The van der Waals surface area contributed by atoms with E-state index in [0.717, 1.165) is 32.9 Å². The third-order valence-electron chi connectivity index (χ3n) is 5.28. The lowest BCUT2D eigenvalue weighted by atomic mass is 10.1. The van der Waals surface area contributed by atoms with Crippen LogP contribution >= 0.6 is 11.8 Å². The number of rotatable bonds is 5. The van der Waals surface area contributed by atoms with Crippen molar-refractivity contribution in [1.29, 1.82) is 0 Å². The zero-order valence-electron chi connectivity index (χ0n) is 16.9. The fourth-order valence-electron chi connectivity index (χ4n) is 3.74. The SMILES string of the molecule is CC(Sc1ncnc2c1c(-c1ccccc1)cn2-c1cccc(F)c1)c1ccccc1. The molecule has 0 bridgehead atoms. The molecule has 1 unspecified atom stereocenters. The molecule has 0 aliphatic heterocycles. The van der Waals surface area contributed by atoms with Crippen LogP contribution in [0.3, 0.4) is 0 Å². The number of fused-ring (bicyclic) bond motifs is 1. The zero-order valence-corrected chi connectivity index (χ0v) is 17.8. The van der Waals surface area contributed by atoms with E-state index in [0.29, 0.717) is 0 Å². The van der Waals surface area contributed by atoms with Crippen molar-refractivity contribution < 1.29 is 4.39 Å². The van der Waals surface area contributed by atoms with E-state index < -0.39 is 0 Å². The van der Waals surface area contributed by atoms with Gasteiger partial charge in [0.25, 0.3) is 0 Å². The van der Waals surface area contributed by atoms with E-state index >= 15 is 0 Å². The van der Waals surface area contributed by atoms with E-state index in [1.54, 1.807) is 24.2 Å². The molecule has 152 valence electrons. The number of nitrogens with zero attached hydrogens (tertiary/aromatic N) is 3. The molecule has 0 radical (unpaired) electrons. The molecule has 0 saturated heterocycles. The Morgan fingerprint density at radius 3 is 2.35 bits per heavy atom. The van der Waals surface area contributed by atoms with Crippen LogP contribution in [0.25, 0.3) is 27.8 Å². The van der Waals surface area contributed by atoms with Crippen molar-refractivity contribution >= 4 is 22.8 Å². The van der Waals surface area contributed by atoms with Crippen molar-refractivity contribution in [3.63, 3.8) is 0 Å². The minimum Gasteiger partial charge on any atom is -0.300 e. The van der Waals surface area contributed by atoms with Crippen LogP contribution < -0.4 is 0 Å². The van der Waals surface area contributed by atoms with Gasteiger partial charge in [-0.3, -0.25) is 0 Å². The summed E-state index contributed by atoms with van der Waals surface area (Å²) in [5, 5.41) is 2.11. The van der Waals surface area contributed by atoms with Gasteiger partial charge >= 0.3 is 0 Å². The van der Waals surface area contributed by atoms with Gasteiger partial charge in [-0.25, -0.2) is 14.4 Å². The maximum atomic E-state index is 14.0. The van der Waals surface area contributed by atoms with E-state index in [9.17, 15) is 4.39 Å². The first-order chi connectivity index (χ1) is 15.2. The van der Waals surface area contributed by atoms with Crippen LogP contribution in [-0.4, -0.2) is 14.5 Å². The Hall–Kier alpha value is -3.44.